The van der Waals surface area contributed by atoms with E-state index in [2.05, 4.69) is 5.43 Å². The number of aliphatic hydroxyl groups is 1. The van der Waals surface area contributed by atoms with Crippen LogP contribution in [0.1, 0.15) is 20.3 Å². The molecule has 0 saturated heterocycles. The van der Waals surface area contributed by atoms with Crippen LogP contribution in [0.2, 0.25) is 0 Å². The molecule has 0 saturated carbocycles. The fraction of sp³-hybridized carbons (Fsp3) is 0.857. The molecule has 1 amide bonds. The predicted octanol–water partition coefficient (Wildman–Crippen LogP) is -0.131. The third-order valence-corrected chi connectivity index (χ3v) is 2.81. The summed E-state index contributed by atoms with van der Waals surface area (Å²) in [6.07, 6.45) is 0.701. The smallest absolute Gasteiger partial charge is 0.246 e. The Labute approximate surface area is 76.9 Å². The molecule has 0 aliphatic carbocycles. The van der Waals surface area contributed by atoms with E-state index in [1.165, 1.54) is 11.8 Å². The highest BCUT2D eigenvalue weighted by Crippen LogP contribution is 2.19. The quantitative estimate of drug-likeness (QED) is 0.322. The summed E-state index contributed by atoms with van der Waals surface area (Å²) in [5.74, 6) is 4.78. The Morgan fingerprint density at radius 3 is 2.67 bits per heavy atom. The topological polar surface area (TPSA) is 75.3 Å². The highest BCUT2D eigenvalue weighted by atomic mass is 32.2. The molecule has 0 aliphatic rings. The number of nitrogens with one attached hydrogen (secondary N) is 1. The van der Waals surface area contributed by atoms with Crippen molar-refractivity contribution in [3.63, 3.8) is 0 Å². The molecule has 12 heavy (non-hydrogen) atoms. The molecular formula is C7H16N2O2S. The van der Waals surface area contributed by atoms with Gasteiger partial charge in [-0.2, -0.15) is 0 Å². The summed E-state index contributed by atoms with van der Waals surface area (Å²) >= 11 is 1.50. The SMILES string of the molecule is CC(CCO)SC(C)C(=O)NN. The zero-order valence-corrected chi connectivity index (χ0v) is 8.23. The van der Waals surface area contributed by atoms with Crippen LogP contribution in [-0.4, -0.2) is 28.1 Å². The summed E-state index contributed by atoms with van der Waals surface area (Å²) in [7, 11) is 0. The first-order valence-corrected chi connectivity index (χ1v) is 4.82. The highest BCUT2D eigenvalue weighted by Gasteiger charge is 2.14. The van der Waals surface area contributed by atoms with E-state index in [0.29, 0.717) is 6.42 Å². The van der Waals surface area contributed by atoms with Crippen molar-refractivity contribution >= 4 is 17.7 Å². The van der Waals surface area contributed by atoms with Gasteiger partial charge in [0.2, 0.25) is 5.91 Å². The number of hydrazine groups is 1. The molecule has 2 unspecified atom stereocenters. The molecule has 0 aromatic carbocycles. The second-order valence-electron chi connectivity index (χ2n) is 2.61. The van der Waals surface area contributed by atoms with Crippen molar-refractivity contribution in [3.05, 3.63) is 0 Å². The minimum atomic E-state index is -0.176. The average Bonchev–Trinajstić information content (AvgIpc) is 2.03. The maximum atomic E-state index is 10.9. The number of aliphatic hydroxyl groups excluding tert-OH is 1. The van der Waals surface area contributed by atoms with E-state index in [1.54, 1.807) is 6.92 Å². The van der Waals surface area contributed by atoms with Gasteiger partial charge >= 0.3 is 0 Å². The number of nitrogens with two attached hydrogens (primary N) is 1. The molecule has 0 spiro atoms. The lowest BCUT2D eigenvalue weighted by Crippen LogP contribution is -2.36. The van der Waals surface area contributed by atoms with Crippen LogP contribution in [0.25, 0.3) is 0 Å². The summed E-state index contributed by atoms with van der Waals surface area (Å²) < 4.78 is 0. The van der Waals surface area contributed by atoms with E-state index >= 15 is 0 Å². The molecule has 0 fully saturated rings. The van der Waals surface area contributed by atoms with Crippen LogP contribution in [-0.2, 0) is 4.79 Å². The first kappa shape index (κ1) is 11.7. The van der Waals surface area contributed by atoms with Crippen molar-refractivity contribution in [1.82, 2.24) is 5.43 Å². The Hall–Kier alpha value is -0.260. The van der Waals surface area contributed by atoms with Gasteiger partial charge in [0.25, 0.3) is 0 Å². The third-order valence-electron chi connectivity index (χ3n) is 1.48. The summed E-state index contributed by atoms with van der Waals surface area (Å²) in [6, 6.07) is 0. The molecule has 0 aromatic heterocycles. The fourth-order valence-corrected chi connectivity index (χ4v) is 1.91. The van der Waals surface area contributed by atoms with Crippen LogP contribution >= 0.6 is 11.8 Å². The van der Waals surface area contributed by atoms with E-state index in [9.17, 15) is 4.79 Å². The van der Waals surface area contributed by atoms with Crippen molar-refractivity contribution < 1.29 is 9.90 Å². The average molecular weight is 192 g/mol. The number of hydrogen-bond donors (Lipinski definition) is 3. The normalized spacial score (nSPS) is 15.3. The Balaban J connectivity index is 3.67. The second kappa shape index (κ2) is 6.28. The lowest BCUT2D eigenvalue weighted by atomic mass is 10.3. The van der Waals surface area contributed by atoms with Gasteiger partial charge in [-0.05, 0) is 13.3 Å². The summed E-state index contributed by atoms with van der Waals surface area (Å²) in [6.45, 7) is 3.92. The molecule has 72 valence electrons. The lowest BCUT2D eigenvalue weighted by Gasteiger charge is -2.14. The molecule has 2 atom stereocenters. The number of amides is 1. The van der Waals surface area contributed by atoms with E-state index in [0.717, 1.165) is 0 Å². The van der Waals surface area contributed by atoms with Crippen LogP contribution in [0.3, 0.4) is 0 Å². The van der Waals surface area contributed by atoms with Crippen LogP contribution in [0.5, 0.6) is 0 Å². The Bertz CT molecular complexity index is 143. The van der Waals surface area contributed by atoms with Crippen LogP contribution < -0.4 is 11.3 Å². The maximum absolute atomic E-state index is 10.9. The Morgan fingerprint density at radius 1 is 1.67 bits per heavy atom. The van der Waals surface area contributed by atoms with E-state index in [-0.39, 0.29) is 23.0 Å². The number of hydrogen-bond acceptors (Lipinski definition) is 4. The van der Waals surface area contributed by atoms with Crippen LogP contribution in [0.4, 0.5) is 0 Å². The third kappa shape index (κ3) is 4.58. The van der Waals surface area contributed by atoms with Gasteiger partial charge in [0.05, 0.1) is 5.25 Å². The zero-order chi connectivity index (χ0) is 9.56. The van der Waals surface area contributed by atoms with Gasteiger partial charge < -0.3 is 5.11 Å². The molecule has 0 rings (SSSR count). The van der Waals surface area contributed by atoms with Crippen molar-refractivity contribution in [2.75, 3.05) is 6.61 Å². The summed E-state index contributed by atoms with van der Waals surface area (Å²) in [4.78, 5) is 10.9. The van der Waals surface area contributed by atoms with Crippen LogP contribution in [0.15, 0.2) is 0 Å². The van der Waals surface area contributed by atoms with E-state index in [1.807, 2.05) is 6.92 Å². The molecule has 4 N–H and O–H groups in total. The van der Waals surface area contributed by atoms with Gasteiger partial charge in [-0.25, -0.2) is 5.84 Å². The lowest BCUT2D eigenvalue weighted by molar-refractivity contribution is -0.120. The summed E-state index contributed by atoms with van der Waals surface area (Å²) in [5.41, 5.74) is 2.09. The van der Waals surface area contributed by atoms with Crippen molar-refractivity contribution in [2.24, 2.45) is 5.84 Å². The van der Waals surface area contributed by atoms with Gasteiger partial charge in [-0.15, -0.1) is 11.8 Å². The fourth-order valence-electron chi connectivity index (χ4n) is 0.777. The molecule has 0 aliphatic heterocycles. The van der Waals surface area contributed by atoms with Crippen molar-refractivity contribution in [3.8, 4) is 0 Å². The van der Waals surface area contributed by atoms with Gasteiger partial charge in [-0.1, -0.05) is 6.92 Å². The van der Waals surface area contributed by atoms with Gasteiger partial charge in [0, 0.05) is 11.9 Å². The molecule has 0 bridgehead atoms. The number of thioether (sulfide) groups is 1. The standard InChI is InChI=1S/C7H16N2O2S/c1-5(3-4-10)12-6(2)7(11)9-8/h5-6,10H,3-4,8H2,1-2H3,(H,9,11). The minimum Gasteiger partial charge on any atom is -0.396 e. The van der Waals surface area contributed by atoms with Gasteiger partial charge in [0.1, 0.15) is 0 Å². The molecule has 5 heteroatoms. The molecule has 0 heterocycles. The van der Waals surface area contributed by atoms with Gasteiger partial charge in [0.15, 0.2) is 0 Å². The van der Waals surface area contributed by atoms with Crippen molar-refractivity contribution in [1.29, 1.82) is 0 Å². The first-order chi connectivity index (χ1) is 5.61. The monoisotopic (exact) mass is 192 g/mol. The predicted molar refractivity (Wildman–Crippen MR) is 50.5 cm³/mol. The highest BCUT2D eigenvalue weighted by molar-refractivity contribution is 8.01. The Morgan fingerprint density at radius 2 is 2.25 bits per heavy atom. The molecule has 4 nitrogen and oxygen atoms in total. The number of rotatable bonds is 5. The summed E-state index contributed by atoms with van der Waals surface area (Å²) in [5, 5.41) is 8.73. The van der Waals surface area contributed by atoms with Crippen LogP contribution in [0, 0.1) is 0 Å². The second-order valence-corrected chi connectivity index (χ2v) is 4.39. The van der Waals surface area contributed by atoms with E-state index in [4.69, 9.17) is 10.9 Å². The van der Waals surface area contributed by atoms with E-state index < -0.39 is 0 Å². The molecule has 0 aromatic rings. The van der Waals surface area contributed by atoms with Gasteiger partial charge in [-0.3, -0.25) is 10.2 Å². The largest absolute Gasteiger partial charge is 0.396 e. The molecular weight excluding hydrogens is 176 g/mol. The zero-order valence-electron chi connectivity index (χ0n) is 7.41. The number of carbonyl (C=O) groups is 1. The number of carbonyl (C=O) groups excluding carboxylic acids is 1. The Kier molecular flexibility index (Phi) is 6.14. The molecule has 0 radical (unpaired) electrons. The maximum Gasteiger partial charge on any atom is 0.246 e. The first-order valence-electron chi connectivity index (χ1n) is 3.88. The van der Waals surface area contributed by atoms with Crippen molar-refractivity contribution in [2.45, 2.75) is 30.8 Å². The minimum absolute atomic E-state index is 0.156.